The van der Waals surface area contributed by atoms with Crippen LogP contribution in [-0.4, -0.2) is 41.6 Å². The van der Waals surface area contributed by atoms with Crippen LogP contribution in [0, 0.1) is 35.5 Å². The summed E-state index contributed by atoms with van der Waals surface area (Å²) < 4.78 is 5.00. The van der Waals surface area contributed by atoms with Crippen molar-refractivity contribution in [3.8, 4) is 0 Å². The summed E-state index contributed by atoms with van der Waals surface area (Å²) in [5.74, 6) is -0.845. The number of hydrogen-bond donors (Lipinski definition) is 0. The molecule has 0 unspecified atom stereocenters. The lowest BCUT2D eigenvalue weighted by Gasteiger charge is -2.37. The summed E-state index contributed by atoms with van der Waals surface area (Å²) in [6.45, 7) is -0.781. The standard InChI is InChI=1S/C19H17NO5S/c21-13(14-2-1-5-26-14)8-25-15(22)7-20-18(23)16-9-3-4-10(12-6-11(9)12)17(16)19(20)24/h1-5,9-12,16-17H,6-8H2/t9-,10+,11-,12-,16+,17+/m1/s1. The quantitative estimate of drug-likeness (QED) is 0.339. The number of carbonyl (C=O) groups is 4. The number of allylic oxidation sites excluding steroid dienone is 2. The molecular formula is C19H17NO5S. The fourth-order valence-corrected chi connectivity index (χ4v) is 5.65. The zero-order valence-electron chi connectivity index (χ0n) is 13.9. The second-order valence-electron chi connectivity index (χ2n) is 7.48. The molecule has 2 saturated carbocycles. The Hall–Kier alpha value is -2.28. The maximum atomic E-state index is 12.8. The fraction of sp³-hybridized carbons (Fsp3) is 0.474. The number of esters is 1. The number of ketones is 1. The van der Waals surface area contributed by atoms with Crippen molar-refractivity contribution in [3.63, 3.8) is 0 Å². The Balaban J connectivity index is 1.24. The van der Waals surface area contributed by atoms with Crippen molar-refractivity contribution < 1.29 is 23.9 Å². The number of imide groups is 1. The largest absolute Gasteiger partial charge is 0.456 e. The van der Waals surface area contributed by atoms with Crippen LogP contribution in [0.25, 0.3) is 0 Å². The van der Waals surface area contributed by atoms with Crippen molar-refractivity contribution in [3.05, 3.63) is 34.5 Å². The van der Waals surface area contributed by atoms with E-state index in [2.05, 4.69) is 12.2 Å². The molecule has 1 aliphatic heterocycles. The van der Waals surface area contributed by atoms with Crippen molar-refractivity contribution in [1.82, 2.24) is 4.90 Å². The SMILES string of the molecule is O=C(CN1C(=O)[C@H]2[C@@H]3C=C[C@@H]([C@H]4C[C@H]34)[C@@H]2C1=O)OCC(=O)c1cccs1. The lowest BCUT2D eigenvalue weighted by atomic mass is 9.63. The fourth-order valence-electron chi connectivity index (χ4n) is 5.00. The van der Waals surface area contributed by atoms with Gasteiger partial charge >= 0.3 is 5.97 Å². The first-order chi connectivity index (χ1) is 12.6. The number of ether oxygens (including phenoxy) is 1. The van der Waals surface area contributed by atoms with Crippen LogP contribution in [0.3, 0.4) is 0 Å². The molecule has 1 saturated heterocycles. The molecule has 0 aromatic carbocycles. The van der Waals surface area contributed by atoms with Gasteiger partial charge in [-0.2, -0.15) is 0 Å². The molecule has 0 spiro atoms. The van der Waals surface area contributed by atoms with Gasteiger partial charge in [0.05, 0.1) is 16.7 Å². The highest BCUT2D eigenvalue weighted by molar-refractivity contribution is 7.12. The van der Waals surface area contributed by atoms with Gasteiger partial charge < -0.3 is 4.74 Å². The highest BCUT2D eigenvalue weighted by Crippen LogP contribution is 2.65. The number of carbonyl (C=O) groups excluding carboxylic acids is 4. The smallest absolute Gasteiger partial charge is 0.326 e. The number of nitrogens with zero attached hydrogens (tertiary/aromatic N) is 1. The Labute approximate surface area is 153 Å². The summed E-state index contributed by atoms with van der Waals surface area (Å²) in [5, 5.41) is 1.77. The van der Waals surface area contributed by atoms with Gasteiger partial charge in [-0.05, 0) is 41.5 Å². The zero-order valence-corrected chi connectivity index (χ0v) is 14.7. The Bertz CT molecular complexity index is 808. The summed E-state index contributed by atoms with van der Waals surface area (Å²) in [6, 6.07) is 3.41. The van der Waals surface area contributed by atoms with E-state index < -0.39 is 12.5 Å². The van der Waals surface area contributed by atoms with E-state index in [1.165, 1.54) is 11.3 Å². The molecule has 0 N–H and O–H groups in total. The molecule has 6 atom stereocenters. The van der Waals surface area contributed by atoms with Crippen LogP contribution in [0.5, 0.6) is 0 Å². The number of rotatable bonds is 5. The van der Waals surface area contributed by atoms with Crippen molar-refractivity contribution in [2.75, 3.05) is 13.2 Å². The molecule has 134 valence electrons. The van der Waals surface area contributed by atoms with E-state index >= 15 is 0 Å². The second kappa shape index (κ2) is 5.61. The first-order valence-electron chi connectivity index (χ1n) is 8.82. The monoisotopic (exact) mass is 371 g/mol. The lowest BCUT2D eigenvalue weighted by Crippen LogP contribution is -2.40. The average molecular weight is 371 g/mol. The van der Waals surface area contributed by atoms with E-state index in [9.17, 15) is 19.2 Å². The molecule has 26 heavy (non-hydrogen) atoms. The van der Waals surface area contributed by atoms with E-state index in [0.29, 0.717) is 16.7 Å². The summed E-state index contributed by atoms with van der Waals surface area (Å²) in [6.07, 6.45) is 5.28. The Kier molecular flexibility index (Phi) is 3.44. The molecule has 2 heterocycles. The number of Topliss-reactive ketones (excluding diaryl/α,β-unsaturated/α-hetero) is 1. The normalized spacial score (nSPS) is 36.1. The van der Waals surface area contributed by atoms with Crippen LogP contribution in [0.1, 0.15) is 16.1 Å². The molecule has 5 aliphatic rings. The predicted octanol–water partition coefficient (Wildman–Crippen LogP) is 1.53. The van der Waals surface area contributed by atoms with Crippen molar-refractivity contribution >= 4 is 34.9 Å². The highest BCUT2D eigenvalue weighted by atomic mass is 32.1. The molecule has 2 bridgehead atoms. The lowest BCUT2D eigenvalue weighted by molar-refractivity contribution is -0.152. The van der Waals surface area contributed by atoms with Gasteiger partial charge in [-0.3, -0.25) is 24.1 Å². The molecule has 1 aromatic heterocycles. The average Bonchev–Trinajstić information content (AvgIpc) is 3.23. The maximum absolute atomic E-state index is 12.8. The van der Waals surface area contributed by atoms with E-state index in [1.807, 2.05) is 0 Å². The van der Waals surface area contributed by atoms with Gasteiger partial charge in [0.2, 0.25) is 17.6 Å². The molecule has 4 aliphatic carbocycles. The third kappa shape index (κ3) is 2.23. The summed E-state index contributed by atoms with van der Waals surface area (Å²) in [7, 11) is 0. The van der Waals surface area contributed by atoms with E-state index in [1.54, 1.807) is 17.5 Å². The third-order valence-electron chi connectivity index (χ3n) is 6.20. The van der Waals surface area contributed by atoms with Crippen LogP contribution >= 0.6 is 11.3 Å². The molecule has 6 rings (SSSR count). The van der Waals surface area contributed by atoms with Crippen molar-refractivity contribution in [1.29, 1.82) is 0 Å². The van der Waals surface area contributed by atoms with Crippen LogP contribution in [0.4, 0.5) is 0 Å². The van der Waals surface area contributed by atoms with E-state index in [-0.39, 0.29) is 47.9 Å². The van der Waals surface area contributed by atoms with E-state index in [4.69, 9.17) is 4.74 Å². The van der Waals surface area contributed by atoms with Crippen LogP contribution < -0.4 is 0 Å². The second-order valence-corrected chi connectivity index (χ2v) is 8.43. The highest BCUT2D eigenvalue weighted by Gasteiger charge is 2.67. The minimum absolute atomic E-state index is 0.132. The zero-order chi connectivity index (χ0) is 18.0. The summed E-state index contributed by atoms with van der Waals surface area (Å²) >= 11 is 1.28. The molecule has 0 radical (unpaired) electrons. The van der Waals surface area contributed by atoms with Gasteiger partial charge in [0.25, 0.3) is 0 Å². The molecule has 6 nitrogen and oxygen atoms in total. The first kappa shape index (κ1) is 15.9. The van der Waals surface area contributed by atoms with Gasteiger partial charge in [-0.15, -0.1) is 11.3 Å². The van der Waals surface area contributed by atoms with Crippen molar-refractivity contribution in [2.24, 2.45) is 35.5 Å². The van der Waals surface area contributed by atoms with Crippen LogP contribution in [0.2, 0.25) is 0 Å². The van der Waals surface area contributed by atoms with Gasteiger partial charge in [0.15, 0.2) is 6.61 Å². The van der Waals surface area contributed by atoms with Crippen LogP contribution in [0.15, 0.2) is 29.7 Å². The first-order valence-corrected chi connectivity index (χ1v) is 9.70. The Morgan fingerprint density at radius 3 is 2.35 bits per heavy atom. The topological polar surface area (TPSA) is 80.8 Å². The molecule has 2 amide bonds. The van der Waals surface area contributed by atoms with Gasteiger partial charge in [-0.25, -0.2) is 0 Å². The Morgan fingerprint density at radius 1 is 1.12 bits per heavy atom. The summed E-state index contributed by atoms with van der Waals surface area (Å²) in [5.41, 5.74) is 0. The van der Waals surface area contributed by atoms with Crippen molar-refractivity contribution in [2.45, 2.75) is 6.42 Å². The van der Waals surface area contributed by atoms with Crippen LogP contribution in [-0.2, 0) is 19.1 Å². The number of hydrogen-bond acceptors (Lipinski definition) is 6. The third-order valence-corrected chi connectivity index (χ3v) is 7.11. The minimum atomic E-state index is -0.722. The Morgan fingerprint density at radius 2 is 1.77 bits per heavy atom. The van der Waals surface area contributed by atoms with E-state index in [0.717, 1.165) is 11.3 Å². The maximum Gasteiger partial charge on any atom is 0.326 e. The molecule has 3 fully saturated rings. The molecular weight excluding hydrogens is 354 g/mol. The number of amides is 2. The van der Waals surface area contributed by atoms with Gasteiger partial charge in [0.1, 0.15) is 6.54 Å². The summed E-state index contributed by atoms with van der Waals surface area (Å²) in [4.78, 5) is 51.1. The molecule has 1 aromatic rings. The predicted molar refractivity (Wildman–Crippen MR) is 91.0 cm³/mol. The minimum Gasteiger partial charge on any atom is -0.456 e. The molecule has 7 heteroatoms. The number of thiophene rings is 1. The number of likely N-dealkylation sites (tertiary alicyclic amines) is 1. The van der Waals surface area contributed by atoms with Gasteiger partial charge in [-0.1, -0.05) is 18.2 Å². The van der Waals surface area contributed by atoms with Gasteiger partial charge in [0, 0.05) is 0 Å².